The Hall–Kier alpha value is -0.160. The SMILES string of the molecule is CN(C)C(N)C(O)C[N+](C)(C)C. The molecule has 0 spiro atoms. The van der Waals surface area contributed by atoms with Gasteiger partial charge in [-0.2, -0.15) is 0 Å². The molecule has 0 bridgehead atoms. The number of aliphatic hydroxyl groups excluding tert-OH is 1. The minimum Gasteiger partial charge on any atom is -0.384 e. The van der Waals surface area contributed by atoms with Crippen LogP contribution in [0.1, 0.15) is 0 Å². The van der Waals surface area contributed by atoms with E-state index in [9.17, 15) is 5.11 Å². The van der Waals surface area contributed by atoms with E-state index in [1.807, 2.05) is 40.1 Å². The molecule has 3 N–H and O–H groups in total. The maximum Gasteiger partial charge on any atom is 0.131 e. The third-order valence-electron chi connectivity index (χ3n) is 1.73. The summed E-state index contributed by atoms with van der Waals surface area (Å²) in [4.78, 5) is 1.82. The van der Waals surface area contributed by atoms with Crippen LogP contribution in [0.4, 0.5) is 0 Å². The Morgan fingerprint density at radius 1 is 1.33 bits per heavy atom. The highest BCUT2D eigenvalue weighted by Crippen LogP contribution is 1.99. The highest BCUT2D eigenvalue weighted by molar-refractivity contribution is 4.67. The summed E-state index contributed by atoms with van der Waals surface area (Å²) in [6.07, 6.45) is -0.748. The molecule has 0 saturated heterocycles. The summed E-state index contributed by atoms with van der Waals surface area (Å²) in [5, 5.41) is 9.64. The van der Waals surface area contributed by atoms with Gasteiger partial charge in [-0.25, -0.2) is 0 Å². The lowest BCUT2D eigenvalue weighted by molar-refractivity contribution is -0.873. The lowest BCUT2D eigenvalue weighted by Crippen LogP contribution is -2.53. The number of likely N-dealkylation sites (N-methyl/N-ethyl adjacent to an activating group) is 2. The number of aliphatic hydroxyl groups is 1. The lowest BCUT2D eigenvalue weighted by atomic mass is 10.2. The van der Waals surface area contributed by atoms with E-state index in [2.05, 4.69) is 0 Å². The molecule has 0 amide bonds. The van der Waals surface area contributed by atoms with Gasteiger partial charge >= 0.3 is 0 Å². The van der Waals surface area contributed by atoms with Crippen LogP contribution in [-0.2, 0) is 0 Å². The van der Waals surface area contributed by atoms with Gasteiger partial charge in [0.15, 0.2) is 0 Å². The Morgan fingerprint density at radius 3 is 2.00 bits per heavy atom. The number of hydrogen-bond acceptors (Lipinski definition) is 3. The summed E-state index contributed by atoms with van der Waals surface area (Å²) in [7, 11) is 9.83. The normalized spacial score (nSPS) is 18.0. The molecule has 0 aromatic carbocycles. The zero-order valence-electron chi connectivity index (χ0n) is 8.78. The van der Waals surface area contributed by atoms with E-state index in [0.717, 1.165) is 4.48 Å². The molecule has 0 heterocycles. The second kappa shape index (κ2) is 4.18. The molecule has 0 fully saturated rings. The van der Waals surface area contributed by atoms with Gasteiger partial charge in [0, 0.05) is 0 Å². The molecule has 0 radical (unpaired) electrons. The van der Waals surface area contributed by atoms with Crippen LogP contribution in [0.3, 0.4) is 0 Å². The molecule has 0 aromatic heterocycles. The third-order valence-corrected chi connectivity index (χ3v) is 1.73. The van der Waals surface area contributed by atoms with Crippen molar-refractivity contribution in [2.24, 2.45) is 5.73 Å². The fraction of sp³-hybridized carbons (Fsp3) is 1.00. The van der Waals surface area contributed by atoms with Gasteiger partial charge in [0.1, 0.15) is 12.6 Å². The smallest absolute Gasteiger partial charge is 0.131 e. The van der Waals surface area contributed by atoms with Gasteiger partial charge in [-0.05, 0) is 14.1 Å². The van der Waals surface area contributed by atoms with Gasteiger partial charge < -0.3 is 15.3 Å². The molecule has 74 valence electrons. The molecule has 4 heteroatoms. The Balaban J connectivity index is 3.95. The molecule has 0 saturated carbocycles. The molecule has 0 aliphatic rings. The highest BCUT2D eigenvalue weighted by atomic mass is 16.3. The summed E-state index contributed by atoms with van der Waals surface area (Å²) < 4.78 is 0.725. The third kappa shape index (κ3) is 4.66. The van der Waals surface area contributed by atoms with Crippen molar-refractivity contribution in [3.63, 3.8) is 0 Å². The summed E-state index contributed by atoms with van der Waals surface area (Å²) in [5.74, 6) is 0. The summed E-state index contributed by atoms with van der Waals surface area (Å²) in [6.45, 7) is 0.666. The van der Waals surface area contributed by atoms with Crippen molar-refractivity contribution in [2.75, 3.05) is 41.8 Å². The van der Waals surface area contributed by atoms with Crippen LogP contribution in [0.25, 0.3) is 0 Å². The minimum atomic E-state index is -0.472. The topological polar surface area (TPSA) is 49.5 Å². The van der Waals surface area contributed by atoms with Gasteiger partial charge in [0.05, 0.1) is 27.3 Å². The minimum absolute atomic E-state index is 0.276. The first-order valence-electron chi connectivity index (χ1n) is 4.14. The highest BCUT2D eigenvalue weighted by Gasteiger charge is 2.22. The molecule has 0 aromatic rings. The van der Waals surface area contributed by atoms with Crippen LogP contribution in [0.2, 0.25) is 0 Å². The second-order valence-electron chi connectivity index (χ2n) is 4.49. The summed E-state index contributed by atoms with van der Waals surface area (Å²) in [5.41, 5.74) is 5.73. The zero-order chi connectivity index (χ0) is 9.94. The van der Waals surface area contributed by atoms with E-state index in [0.29, 0.717) is 6.54 Å². The van der Waals surface area contributed by atoms with Crippen molar-refractivity contribution in [3.8, 4) is 0 Å². The Morgan fingerprint density at radius 2 is 1.75 bits per heavy atom. The van der Waals surface area contributed by atoms with Crippen molar-refractivity contribution < 1.29 is 9.59 Å². The first-order chi connectivity index (χ1) is 5.24. The standard InChI is InChI=1S/C8H22N3O/c1-10(2)8(9)7(12)6-11(3,4)5/h7-8,12H,6,9H2,1-5H3/q+1. The van der Waals surface area contributed by atoms with Crippen LogP contribution in [0.5, 0.6) is 0 Å². The molecular weight excluding hydrogens is 154 g/mol. The molecule has 0 aliphatic carbocycles. The Labute approximate surface area is 75.2 Å². The van der Waals surface area contributed by atoms with E-state index >= 15 is 0 Å². The van der Waals surface area contributed by atoms with Gasteiger partial charge in [-0.15, -0.1) is 0 Å². The largest absolute Gasteiger partial charge is 0.384 e. The van der Waals surface area contributed by atoms with E-state index in [1.54, 1.807) is 0 Å². The number of nitrogens with zero attached hydrogens (tertiary/aromatic N) is 2. The fourth-order valence-corrected chi connectivity index (χ4v) is 1.01. The average molecular weight is 176 g/mol. The first kappa shape index (κ1) is 11.8. The molecule has 2 atom stereocenters. The van der Waals surface area contributed by atoms with Crippen LogP contribution in [0.15, 0.2) is 0 Å². The lowest BCUT2D eigenvalue weighted by Gasteiger charge is -2.31. The summed E-state index contributed by atoms with van der Waals surface area (Å²) in [6, 6.07) is 0. The van der Waals surface area contributed by atoms with Crippen LogP contribution in [-0.4, -0.2) is 68.5 Å². The molecule has 0 rings (SSSR count). The average Bonchev–Trinajstić information content (AvgIpc) is 1.82. The van der Waals surface area contributed by atoms with E-state index in [-0.39, 0.29) is 6.17 Å². The maximum absolute atomic E-state index is 9.64. The van der Waals surface area contributed by atoms with Gasteiger partial charge in [-0.3, -0.25) is 4.90 Å². The first-order valence-corrected chi connectivity index (χ1v) is 4.14. The van der Waals surface area contributed by atoms with Crippen molar-refractivity contribution in [2.45, 2.75) is 12.3 Å². The van der Waals surface area contributed by atoms with Gasteiger partial charge in [0.2, 0.25) is 0 Å². The van der Waals surface area contributed by atoms with Gasteiger partial charge in [-0.1, -0.05) is 0 Å². The van der Waals surface area contributed by atoms with Crippen molar-refractivity contribution in [3.05, 3.63) is 0 Å². The van der Waals surface area contributed by atoms with E-state index in [4.69, 9.17) is 5.73 Å². The number of rotatable bonds is 4. The molecule has 0 aliphatic heterocycles. The molecule has 12 heavy (non-hydrogen) atoms. The molecular formula is C8H22N3O+. The van der Waals surface area contributed by atoms with Crippen molar-refractivity contribution >= 4 is 0 Å². The Kier molecular flexibility index (Phi) is 4.13. The van der Waals surface area contributed by atoms with Crippen molar-refractivity contribution in [1.82, 2.24) is 4.90 Å². The molecule has 4 nitrogen and oxygen atoms in total. The molecule has 2 unspecified atom stereocenters. The quantitative estimate of drug-likeness (QED) is 0.422. The van der Waals surface area contributed by atoms with Crippen molar-refractivity contribution in [1.29, 1.82) is 0 Å². The second-order valence-corrected chi connectivity index (χ2v) is 4.49. The zero-order valence-corrected chi connectivity index (χ0v) is 8.78. The number of hydrogen-bond donors (Lipinski definition) is 2. The number of quaternary nitrogens is 1. The van der Waals surface area contributed by atoms with Gasteiger partial charge in [0.25, 0.3) is 0 Å². The maximum atomic E-state index is 9.64. The Bertz CT molecular complexity index is 131. The number of nitrogens with two attached hydrogens (primary N) is 1. The monoisotopic (exact) mass is 176 g/mol. The predicted molar refractivity (Wildman–Crippen MR) is 50.6 cm³/mol. The summed E-state index contributed by atoms with van der Waals surface area (Å²) >= 11 is 0. The van der Waals surface area contributed by atoms with E-state index in [1.165, 1.54) is 0 Å². The van der Waals surface area contributed by atoms with Crippen LogP contribution < -0.4 is 5.73 Å². The van der Waals surface area contributed by atoms with Crippen LogP contribution >= 0.6 is 0 Å². The fourth-order valence-electron chi connectivity index (χ4n) is 1.01. The van der Waals surface area contributed by atoms with Crippen LogP contribution in [0, 0.1) is 0 Å². The van der Waals surface area contributed by atoms with E-state index < -0.39 is 6.10 Å². The predicted octanol–water partition coefficient (Wildman–Crippen LogP) is -1.10.